The first-order valence-corrected chi connectivity index (χ1v) is 11.0. The van der Waals surface area contributed by atoms with Gasteiger partial charge >= 0.3 is 0 Å². The molecule has 1 heterocycles. The second-order valence-electron chi connectivity index (χ2n) is 9.48. The molecule has 4 rings (SSSR count). The van der Waals surface area contributed by atoms with Gasteiger partial charge in [-0.3, -0.25) is 14.3 Å². The average molecular weight is 470 g/mol. The van der Waals surface area contributed by atoms with Gasteiger partial charge in [-0.2, -0.15) is 5.10 Å². The normalized spacial score (nSPS) is 16.1. The Morgan fingerprint density at radius 1 is 1.21 bits per heavy atom. The SMILES string of the molecule is CC1(C)CC(Cn2cc(O)c(=O)c(C(=O)NCc3ccc(F)c(Cl)c3)n2)(c2ccccc2)C1. The summed E-state index contributed by atoms with van der Waals surface area (Å²) in [6.07, 6.45) is 3.09. The highest BCUT2D eigenvalue weighted by Gasteiger charge is 2.50. The fraction of sp³-hybridized carbons (Fsp3) is 0.320. The van der Waals surface area contributed by atoms with Gasteiger partial charge in [0.25, 0.3) is 11.3 Å². The summed E-state index contributed by atoms with van der Waals surface area (Å²) in [6, 6.07) is 14.1. The molecule has 1 fully saturated rings. The van der Waals surface area contributed by atoms with Gasteiger partial charge in [0, 0.05) is 12.0 Å². The molecular weight excluding hydrogens is 445 g/mol. The Hall–Kier alpha value is -3.19. The Kier molecular flexibility index (Phi) is 6.01. The van der Waals surface area contributed by atoms with Gasteiger partial charge in [-0.1, -0.05) is 61.8 Å². The first-order chi connectivity index (χ1) is 15.6. The molecule has 3 aromatic rings. The van der Waals surface area contributed by atoms with Crippen molar-refractivity contribution < 1.29 is 14.3 Å². The lowest BCUT2D eigenvalue weighted by Crippen LogP contribution is -2.49. The van der Waals surface area contributed by atoms with Crippen molar-refractivity contribution in [3.05, 3.63) is 92.6 Å². The van der Waals surface area contributed by atoms with Crippen LogP contribution in [0.4, 0.5) is 4.39 Å². The highest BCUT2D eigenvalue weighted by atomic mass is 35.5. The third-order valence-corrected chi connectivity index (χ3v) is 6.37. The average Bonchev–Trinajstić information content (AvgIpc) is 2.76. The van der Waals surface area contributed by atoms with Crippen molar-refractivity contribution in [1.82, 2.24) is 15.1 Å². The van der Waals surface area contributed by atoms with E-state index in [9.17, 15) is 19.1 Å². The van der Waals surface area contributed by atoms with Crippen LogP contribution in [0.3, 0.4) is 0 Å². The van der Waals surface area contributed by atoms with Crippen molar-refractivity contribution in [2.45, 2.75) is 45.2 Å². The van der Waals surface area contributed by atoms with Gasteiger partial charge in [-0.25, -0.2) is 4.39 Å². The number of amides is 1. The molecule has 0 radical (unpaired) electrons. The zero-order chi connectivity index (χ0) is 23.8. The van der Waals surface area contributed by atoms with Gasteiger partial charge in [0.2, 0.25) is 0 Å². The summed E-state index contributed by atoms with van der Waals surface area (Å²) in [4.78, 5) is 25.1. The smallest absolute Gasteiger partial charge is 0.276 e. The molecule has 0 saturated heterocycles. The molecule has 172 valence electrons. The number of nitrogens with one attached hydrogen (secondary N) is 1. The van der Waals surface area contributed by atoms with Gasteiger partial charge < -0.3 is 10.4 Å². The standard InChI is InChI=1S/C25H25ClFN3O3/c1-24(2)13-25(14-24,17-6-4-3-5-7-17)15-30-12-20(31)22(32)21(29-30)23(33)28-11-16-8-9-19(27)18(26)10-16/h3-10,12,31H,11,13-15H2,1-2H3,(H,28,33). The lowest BCUT2D eigenvalue weighted by molar-refractivity contribution is 0.0388. The number of nitrogens with zero attached hydrogens (tertiary/aromatic N) is 2. The van der Waals surface area contributed by atoms with Gasteiger partial charge in [-0.05, 0) is 41.5 Å². The van der Waals surface area contributed by atoms with Crippen molar-refractivity contribution in [2.24, 2.45) is 5.41 Å². The number of benzene rings is 2. The molecule has 1 amide bonds. The topological polar surface area (TPSA) is 84.2 Å². The van der Waals surface area contributed by atoms with Crippen LogP contribution in [0.5, 0.6) is 5.75 Å². The lowest BCUT2D eigenvalue weighted by atomic mass is 9.52. The first kappa shape index (κ1) is 23.0. The van der Waals surface area contributed by atoms with Crippen LogP contribution >= 0.6 is 11.6 Å². The second kappa shape index (κ2) is 8.63. The molecule has 0 bridgehead atoms. The molecule has 0 spiro atoms. The van der Waals surface area contributed by atoms with Crippen LogP contribution in [0, 0.1) is 11.2 Å². The minimum absolute atomic E-state index is 0.0255. The van der Waals surface area contributed by atoms with E-state index in [0.29, 0.717) is 12.1 Å². The van der Waals surface area contributed by atoms with Crippen LogP contribution in [0.15, 0.2) is 59.5 Å². The molecule has 0 aliphatic heterocycles. The number of halogens is 2. The van der Waals surface area contributed by atoms with Crippen molar-refractivity contribution >= 4 is 17.5 Å². The summed E-state index contributed by atoms with van der Waals surface area (Å²) in [6.45, 7) is 4.84. The third kappa shape index (κ3) is 4.78. The lowest BCUT2D eigenvalue weighted by Gasteiger charge is -2.54. The minimum atomic E-state index is -0.844. The van der Waals surface area contributed by atoms with E-state index in [2.05, 4.69) is 36.4 Å². The molecule has 0 unspecified atom stereocenters. The van der Waals surface area contributed by atoms with Crippen molar-refractivity contribution in [1.29, 1.82) is 0 Å². The molecule has 8 heteroatoms. The molecule has 1 saturated carbocycles. The van der Waals surface area contributed by atoms with Crippen LogP contribution in [0.1, 0.15) is 48.3 Å². The molecule has 6 nitrogen and oxygen atoms in total. The molecular formula is C25H25ClFN3O3. The van der Waals surface area contributed by atoms with E-state index in [-0.39, 0.29) is 22.4 Å². The van der Waals surface area contributed by atoms with E-state index in [1.54, 1.807) is 0 Å². The number of hydrogen-bond acceptors (Lipinski definition) is 4. The van der Waals surface area contributed by atoms with Gasteiger partial charge in [0.05, 0.1) is 17.8 Å². The van der Waals surface area contributed by atoms with Crippen molar-refractivity contribution in [3.8, 4) is 5.75 Å². The van der Waals surface area contributed by atoms with E-state index < -0.39 is 28.6 Å². The molecule has 33 heavy (non-hydrogen) atoms. The van der Waals surface area contributed by atoms with Gasteiger partial charge in [0.1, 0.15) is 5.82 Å². The zero-order valence-corrected chi connectivity index (χ0v) is 19.2. The van der Waals surface area contributed by atoms with E-state index in [4.69, 9.17) is 11.6 Å². The first-order valence-electron chi connectivity index (χ1n) is 10.7. The molecule has 0 atom stereocenters. The van der Waals surface area contributed by atoms with Crippen molar-refractivity contribution in [2.75, 3.05) is 0 Å². The Morgan fingerprint density at radius 2 is 1.91 bits per heavy atom. The quantitative estimate of drug-likeness (QED) is 0.559. The van der Waals surface area contributed by atoms with Gasteiger partial charge in [-0.15, -0.1) is 0 Å². The summed E-state index contributed by atoms with van der Waals surface area (Å²) in [5.41, 5.74) is 0.429. The maximum Gasteiger partial charge on any atom is 0.276 e. The summed E-state index contributed by atoms with van der Waals surface area (Å²) in [5.74, 6) is -1.83. The van der Waals surface area contributed by atoms with E-state index in [1.165, 1.54) is 29.1 Å². The molecule has 1 aliphatic carbocycles. The van der Waals surface area contributed by atoms with Crippen LogP contribution in [-0.4, -0.2) is 20.8 Å². The minimum Gasteiger partial charge on any atom is -0.503 e. The zero-order valence-electron chi connectivity index (χ0n) is 18.4. The second-order valence-corrected chi connectivity index (χ2v) is 9.89. The Balaban J connectivity index is 1.58. The number of aromatic hydroxyl groups is 1. The van der Waals surface area contributed by atoms with E-state index >= 15 is 0 Å². The maximum atomic E-state index is 13.3. The van der Waals surface area contributed by atoms with Gasteiger partial charge in [0.15, 0.2) is 11.4 Å². The number of carbonyl (C=O) groups excluding carboxylic acids is 1. The number of rotatable bonds is 6. The summed E-state index contributed by atoms with van der Waals surface area (Å²) in [7, 11) is 0. The number of aromatic nitrogens is 2. The Labute approximate surface area is 196 Å². The third-order valence-electron chi connectivity index (χ3n) is 6.08. The molecule has 1 aromatic heterocycles. The monoisotopic (exact) mass is 469 g/mol. The van der Waals surface area contributed by atoms with E-state index in [1.807, 2.05) is 18.2 Å². The highest BCUT2D eigenvalue weighted by molar-refractivity contribution is 6.30. The van der Waals surface area contributed by atoms with Crippen LogP contribution in [0.2, 0.25) is 5.02 Å². The summed E-state index contributed by atoms with van der Waals surface area (Å²) < 4.78 is 14.8. The fourth-order valence-electron chi connectivity index (χ4n) is 4.96. The van der Waals surface area contributed by atoms with Crippen LogP contribution in [0.25, 0.3) is 0 Å². The predicted molar refractivity (Wildman–Crippen MR) is 124 cm³/mol. The molecule has 1 aliphatic rings. The fourth-order valence-corrected chi connectivity index (χ4v) is 5.16. The predicted octanol–water partition coefficient (Wildman–Crippen LogP) is 4.43. The highest BCUT2D eigenvalue weighted by Crippen LogP contribution is 2.56. The number of carbonyl (C=O) groups is 1. The number of hydrogen-bond donors (Lipinski definition) is 2. The summed E-state index contributed by atoms with van der Waals surface area (Å²) >= 11 is 5.78. The Morgan fingerprint density at radius 3 is 2.55 bits per heavy atom. The summed E-state index contributed by atoms with van der Waals surface area (Å²) in [5, 5.41) is 17.0. The molecule has 2 aromatic carbocycles. The maximum absolute atomic E-state index is 13.3. The Bertz CT molecular complexity index is 1250. The van der Waals surface area contributed by atoms with Crippen molar-refractivity contribution in [3.63, 3.8) is 0 Å². The largest absolute Gasteiger partial charge is 0.503 e. The van der Waals surface area contributed by atoms with Crippen LogP contribution in [-0.2, 0) is 18.5 Å². The van der Waals surface area contributed by atoms with E-state index in [0.717, 1.165) is 18.4 Å². The molecule has 2 N–H and O–H groups in total. The van der Waals surface area contributed by atoms with Crippen LogP contribution < -0.4 is 10.7 Å².